The lowest BCUT2D eigenvalue weighted by molar-refractivity contribution is -0.115. The molecule has 0 unspecified atom stereocenters. The second-order valence-electron chi connectivity index (χ2n) is 5.85. The van der Waals surface area contributed by atoms with Crippen LogP contribution >= 0.6 is 43.6 Å². The number of carbonyl (C=O) groups excluding carboxylic acids is 2. The predicted molar refractivity (Wildman–Crippen MR) is 112 cm³/mol. The zero-order chi connectivity index (χ0) is 18.3. The van der Waals surface area contributed by atoms with Gasteiger partial charge >= 0.3 is 0 Å². The van der Waals surface area contributed by atoms with Crippen LogP contribution < -0.4 is 5.32 Å². The summed E-state index contributed by atoms with van der Waals surface area (Å²) in [4.78, 5) is 23.7. The summed E-state index contributed by atoms with van der Waals surface area (Å²) in [6.07, 6.45) is 3.79. The number of benzene rings is 2. The average molecular weight is 492 g/mol. The fourth-order valence-corrected chi connectivity index (χ4v) is 4.19. The summed E-state index contributed by atoms with van der Waals surface area (Å²) < 4.78 is 4.16. The Kier molecular flexibility index (Phi) is 4.77. The van der Waals surface area contributed by atoms with Gasteiger partial charge in [0, 0.05) is 38.2 Å². The molecule has 3 aromatic rings. The Morgan fingerprint density at radius 2 is 1.77 bits per heavy atom. The third-order valence-corrected chi connectivity index (χ3v) is 5.90. The van der Waals surface area contributed by atoms with Gasteiger partial charge < -0.3 is 4.57 Å². The highest BCUT2D eigenvalue weighted by molar-refractivity contribution is 9.10. The molecule has 1 fully saturated rings. The summed E-state index contributed by atoms with van der Waals surface area (Å²) in [7, 11) is 0. The molecule has 4 rings (SSSR count). The quantitative estimate of drug-likeness (QED) is 0.489. The van der Waals surface area contributed by atoms with Crippen LogP contribution in [-0.4, -0.2) is 15.7 Å². The number of carbonyl (C=O) groups is 2. The van der Waals surface area contributed by atoms with E-state index in [1.807, 2.05) is 36.5 Å². The van der Waals surface area contributed by atoms with Gasteiger partial charge in [0.2, 0.25) is 0 Å². The van der Waals surface area contributed by atoms with Gasteiger partial charge in [0.25, 0.3) is 11.1 Å². The van der Waals surface area contributed by atoms with Crippen molar-refractivity contribution in [3.63, 3.8) is 0 Å². The summed E-state index contributed by atoms with van der Waals surface area (Å²) >= 11 is 7.90. The minimum atomic E-state index is -0.344. The van der Waals surface area contributed by atoms with Crippen molar-refractivity contribution in [1.29, 1.82) is 0 Å². The third kappa shape index (κ3) is 3.51. The molecule has 26 heavy (non-hydrogen) atoms. The molecule has 2 amide bonds. The highest BCUT2D eigenvalue weighted by Crippen LogP contribution is 2.31. The van der Waals surface area contributed by atoms with Gasteiger partial charge in [-0.25, -0.2) is 0 Å². The Hall–Kier alpha value is -1.83. The van der Waals surface area contributed by atoms with Crippen molar-refractivity contribution in [2.24, 2.45) is 0 Å². The van der Waals surface area contributed by atoms with E-state index in [1.54, 1.807) is 6.08 Å². The molecule has 0 bridgehead atoms. The van der Waals surface area contributed by atoms with Crippen molar-refractivity contribution < 1.29 is 9.59 Å². The molecule has 1 aliphatic rings. The molecule has 1 aromatic heterocycles. The maximum Gasteiger partial charge on any atom is 0.290 e. The van der Waals surface area contributed by atoms with Gasteiger partial charge in [0.15, 0.2) is 0 Å². The number of nitrogens with zero attached hydrogens (tertiary/aromatic N) is 1. The number of thioether (sulfide) groups is 1. The van der Waals surface area contributed by atoms with Crippen LogP contribution in [0.15, 0.2) is 62.5 Å². The molecule has 2 aromatic carbocycles. The highest BCUT2D eigenvalue weighted by Gasteiger charge is 2.25. The maximum absolute atomic E-state index is 11.9. The fourth-order valence-electron chi connectivity index (χ4n) is 2.89. The Bertz CT molecular complexity index is 1070. The number of imide groups is 1. The summed E-state index contributed by atoms with van der Waals surface area (Å²) in [5.74, 6) is -0.344. The molecule has 7 heteroatoms. The standard InChI is InChI=1S/C19H12Br2N2O2S/c20-13-3-1-11(2-4-13)9-23-10-12(7-17-18(24)22-19(25)26-17)15-8-14(21)5-6-16(15)23/h1-8,10H,9H2,(H,22,24,25)/b17-7-. The maximum atomic E-state index is 11.9. The monoisotopic (exact) mass is 490 g/mol. The lowest BCUT2D eigenvalue weighted by Gasteiger charge is -2.06. The number of hydrogen-bond acceptors (Lipinski definition) is 3. The molecular weight excluding hydrogens is 480 g/mol. The first-order valence-electron chi connectivity index (χ1n) is 7.77. The van der Waals surface area contributed by atoms with E-state index < -0.39 is 0 Å². The van der Waals surface area contributed by atoms with Gasteiger partial charge in [0.05, 0.1) is 4.91 Å². The first kappa shape index (κ1) is 17.6. The summed E-state index contributed by atoms with van der Waals surface area (Å²) in [6, 6.07) is 14.3. The summed E-state index contributed by atoms with van der Waals surface area (Å²) in [5, 5.41) is 2.99. The lowest BCUT2D eigenvalue weighted by atomic mass is 10.1. The second-order valence-corrected chi connectivity index (χ2v) is 8.70. The Morgan fingerprint density at radius 3 is 2.46 bits per heavy atom. The molecule has 1 aliphatic heterocycles. The van der Waals surface area contributed by atoms with E-state index in [-0.39, 0.29) is 11.1 Å². The van der Waals surface area contributed by atoms with Crippen molar-refractivity contribution >= 4 is 71.7 Å². The number of aromatic nitrogens is 1. The molecule has 0 spiro atoms. The molecule has 1 saturated heterocycles. The average Bonchev–Trinajstić information content (AvgIpc) is 3.09. The van der Waals surface area contributed by atoms with Gasteiger partial charge in [0.1, 0.15) is 0 Å². The number of halogens is 2. The molecule has 130 valence electrons. The van der Waals surface area contributed by atoms with E-state index in [1.165, 1.54) is 5.56 Å². The minimum absolute atomic E-state index is 0.332. The summed E-state index contributed by atoms with van der Waals surface area (Å²) in [6.45, 7) is 0.715. The largest absolute Gasteiger partial charge is 0.342 e. The van der Waals surface area contributed by atoms with Gasteiger partial charge in [-0.05, 0) is 53.7 Å². The van der Waals surface area contributed by atoms with Crippen LogP contribution in [0, 0.1) is 0 Å². The van der Waals surface area contributed by atoms with E-state index in [4.69, 9.17) is 0 Å². The van der Waals surface area contributed by atoms with Crippen LogP contribution in [0.3, 0.4) is 0 Å². The van der Waals surface area contributed by atoms with Gasteiger partial charge in [-0.15, -0.1) is 0 Å². The van der Waals surface area contributed by atoms with E-state index in [9.17, 15) is 9.59 Å². The van der Waals surface area contributed by atoms with E-state index in [0.717, 1.165) is 37.2 Å². The van der Waals surface area contributed by atoms with E-state index in [2.05, 4.69) is 53.9 Å². The van der Waals surface area contributed by atoms with E-state index in [0.29, 0.717) is 11.4 Å². The molecule has 4 nitrogen and oxygen atoms in total. The number of nitrogens with one attached hydrogen (secondary N) is 1. The second kappa shape index (κ2) is 7.06. The Morgan fingerprint density at radius 1 is 1.04 bits per heavy atom. The van der Waals surface area contributed by atoms with Crippen molar-refractivity contribution in [3.8, 4) is 0 Å². The van der Waals surface area contributed by atoms with Crippen LogP contribution in [0.2, 0.25) is 0 Å². The molecule has 0 atom stereocenters. The third-order valence-electron chi connectivity index (χ3n) is 4.07. The SMILES string of the molecule is O=C1NC(=O)/C(=C/c2cn(Cc3ccc(Br)cc3)c3ccc(Br)cc23)S1. The van der Waals surface area contributed by atoms with E-state index >= 15 is 0 Å². The summed E-state index contributed by atoms with van der Waals surface area (Å²) in [5.41, 5.74) is 3.15. The van der Waals surface area contributed by atoms with Crippen LogP contribution in [0.5, 0.6) is 0 Å². The number of amides is 2. The topological polar surface area (TPSA) is 51.1 Å². The van der Waals surface area contributed by atoms with Crippen molar-refractivity contribution in [2.75, 3.05) is 0 Å². The lowest BCUT2D eigenvalue weighted by Crippen LogP contribution is -2.17. The molecule has 0 aliphatic carbocycles. The van der Waals surface area contributed by atoms with Crippen molar-refractivity contribution in [3.05, 3.63) is 73.6 Å². The molecule has 0 radical (unpaired) electrons. The number of rotatable bonds is 3. The van der Waals surface area contributed by atoms with Crippen LogP contribution in [0.1, 0.15) is 11.1 Å². The first-order chi connectivity index (χ1) is 12.5. The smallest absolute Gasteiger partial charge is 0.290 e. The number of hydrogen-bond donors (Lipinski definition) is 1. The van der Waals surface area contributed by atoms with Crippen molar-refractivity contribution in [1.82, 2.24) is 9.88 Å². The Labute approximate surface area is 170 Å². The zero-order valence-corrected chi connectivity index (χ0v) is 17.3. The first-order valence-corrected chi connectivity index (χ1v) is 10.2. The minimum Gasteiger partial charge on any atom is -0.342 e. The molecule has 1 N–H and O–H groups in total. The van der Waals surface area contributed by atoms with Crippen LogP contribution in [-0.2, 0) is 11.3 Å². The molecule has 0 saturated carbocycles. The van der Waals surface area contributed by atoms with Crippen LogP contribution in [0.25, 0.3) is 17.0 Å². The molecular formula is C19H12Br2N2O2S. The van der Waals surface area contributed by atoms with Crippen molar-refractivity contribution in [2.45, 2.75) is 6.54 Å². The zero-order valence-electron chi connectivity index (χ0n) is 13.3. The Balaban J connectivity index is 1.79. The van der Waals surface area contributed by atoms with Crippen LogP contribution in [0.4, 0.5) is 4.79 Å². The predicted octanol–water partition coefficient (Wildman–Crippen LogP) is 5.54. The highest BCUT2D eigenvalue weighted by atomic mass is 79.9. The van der Waals surface area contributed by atoms with Gasteiger partial charge in [-0.3, -0.25) is 14.9 Å². The molecule has 2 heterocycles. The van der Waals surface area contributed by atoms with Gasteiger partial charge in [-0.2, -0.15) is 0 Å². The van der Waals surface area contributed by atoms with Gasteiger partial charge in [-0.1, -0.05) is 44.0 Å². The normalized spacial score (nSPS) is 15.8. The number of fused-ring (bicyclic) bond motifs is 1. The fraction of sp³-hybridized carbons (Fsp3) is 0.0526.